The molecule has 0 atom stereocenters. The van der Waals surface area contributed by atoms with Crippen molar-refractivity contribution in [2.24, 2.45) is 0 Å². The van der Waals surface area contributed by atoms with Gasteiger partial charge in [-0.1, -0.05) is 121 Å². The van der Waals surface area contributed by atoms with E-state index in [9.17, 15) is 0 Å². The molecule has 230 valence electrons. The Hall–Kier alpha value is -6.79. The van der Waals surface area contributed by atoms with Gasteiger partial charge in [-0.25, -0.2) is 19.9 Å². The van der Waals surface area contributed by atoms with Crippen LogP contribution in [0.3, 0.4) is 0 Å². The van der Waals surface area contributed by atoms with Crippen molar-refractivity contribution in [3.05, 3.63) is 164 Å². The van der Waals surface area contributed by atoms with E-state index in [-0.39, 0.29) is 0 Å². The maximum absolute atomic E-state index is 6.29. The van der Waals surface area contributed by atoms with Crippen molar-refractivity contribution in [2.45, 2.75) is 0 Å². The monoisotopic (exact) mass is 629 g/mol. The van der Waals surface area contributed by atoms with Crippen molar-refractivity contribution >= 4 is 22.0 Å². The van der Waals surface area contributed by atoms with Crippen molar-refractivity contribution in [1.29, 1.82) is 0 Å². The van der Waals surface area contributed by atoms with Crippen LogP contribution >= 0.6 is 0 Å². The highest BCUT2D eigenvalue weighted by Gasteiger charge is 2.18. The van der Waals surface area contributed by atoms with E-state index in [0.29, 0.717) is 23.4 Å². The Balaban J connectivity index is 1.25. The number of pyridine rings is 1. The zero-order chi connectivity index (χ0) is 32.6. The topological polar surface area (TPSA) is 77.6 Å². The molecular weight excluding hydrogens is 603 g/mol. The lowest BCUT2D eigenvalue weighted by molar-refractivity contribution is 0.620. The number of hydrogen-bond donors (Lipinski definition) is 0. The molecule has 0 spiro atoms. The van der Waals surface area contributed by atoms with Gasteiger partial charge in [-0.2, -0.15) is 0 Å². The van der Waals surface area contributed by atoms with E-state index in [1.807, 2.05) is 109 Å². The molecule has 6 nitrogen and oxygen atoms in total. The third-order valence-corrected chi connectivity index (χ3v) is 8.62. The molecule has 0 radical (unpaired) electrons. The molecule has 0 saturated carbocycles. The summed E-state index contributed by atoms with van der Waals surface area (Å²) < 4.78 is 6.29. The van der Waals surface area contributed by atoms with Crippen LogP contribution in [0.2, 0.25) is 0 Å². The standard InChI is InChI=1S/C43H27N5O/c1-4-12-29(13-5-1)40-46-41(30-14-6-2-7-15-30)48-42(47-40)33-21-23-34(36(26-33)35-20-10-18-28-19-11-25-44-39(28)35)32-22-24-37-38(27-32)49-43(45-37)31-16-8-3-9-17-31/h1-27H. The predicted molar refractivity (Wildman–Crippen MR) is 195 cm³/mol. The summed E-state index contributed by atoms with van der Waals surface area (Å²) in [7, 11) is 0. The van der Waals surface area contributed by atoms with Gasteiger partial charge in [-0.15, -0.1) is 0 Å². The molecule has 0 aliphatic rings. The van der Waals surface area contributed by atoms with Crippen molar-refractivity contribution < 1.29 is 4.42 Å². The molecule has 0 saturated heterocycles. The quantitative estimate of drug-likeness (QED) is 0.182. The molecule has 0 N–H and O–H groups in total. The maximum Gasteiger partial charge on any atom is 0.227 e. The van der Waals surface area contributed by atoms with Crippen LogP contribution in [0.1, 0.15) is 0 Å². The van der Waals surface area contributed by atoms with E-state index in [1.165, 1.54) is 0 Å². The Morgan fingerprint density at radius 3 is 1.69 bits per heavy atom. The normalized spacial score (nSPS) is 11.3. The minimum Gasteiger partial charge on any atom is -0.436 e. The highest BCUT2D eigenvalue weighted by atomic mass is 16.3. The summed E-state index contributed by atoms with van der Waals surface area (Å²) in [6.45, 7) is 0. The average molecular weight is 630 g/mol. The maximum atomic E-state index is 6.29. The lowest BCUT2D eigenvalue weighted by Gasteiger charge is -2.15. The van der Waals surface area contributed by atoms with Crippen LogP contribution in [0, 0.1) is 0 Å². The van der Waals surface area contributed by atoms with Gasteiger partial charge in [0.05, 0.1) is 5.52 Å². The fourth-order valence-corrected chi connectivity index (χ4v) is 6.21. The Morgan fingerprint density at radius 2 is 1.00 bits per heavy atom. The van der Waals surface area contributed by atoms with E-state index in [0.717, 1.165) is 66.5 Å². The SMILES string of the molecule is c1ccc(-c2nc(-c3ccccc3)nc(-c3ccc(-c4ccc5nc(-c6ccccc6)oc5c4)c(-c4cccc5cccnc45)c3)n2)cc1. The Labute approximate surface area is 282 Å². The first-order valence-electron chi connectivity index (χ1n) is 16.1. The summed E-state index contributed by atoms with van der Waals surface area (Å²) in [5.41, 5.74) is 10.2. The van der Waals surface area contributed by atoms with Gasteiger partial charge in [0.25, 0.3) is 0 Å². The highest BCUT2D eigenvalue weighted by molar-refractivity contribution is 6.00. The van der Waals surface area contributed by atoms with Crippen LogP contribution < -0.4 is 0 Å². The van der Waals surface area contributed by atoms with Crippen molar-refractivity contribution in [3.63, 3.8) is 0 Å². The van der Waals surface area contributed by atoms with Gasteiger partial charge >= 0.3 is 0 Å². The molecular formula is C43H27N5O. The largest absolute Gasteiger partial charge is 0.436 e. The Morgan fingerprint density at radius 1 is 0.388 bits per heavy atom. The van der Waals surface area contributed by atoms with Gasteiger partial charge in [0.1, 0.15) is 5.52 Å². The van der Waals surface area contributed by atoms with Gasteiger partial charge in [-0.3, -0.25) is 4.98 Å². The second-order valence-electron chi connectivity index (χ2n) is 11.7. The van der Waals surface area contributed by atoms with Gasteiger partial charge in [0.15, 0.2) is 23.1 Å². The van der Waals surface area contributed by atoms with E-state index >= 15 is 0 Å². The Kier molecular flexibility index (Phi) is 7.02. The third kappa shape index (κ3) is 5.41. The average Bonchev–Trinajstić information content (AvgIpc) is 3.62. The summed E-state index contributed by atoms with van der Waals surface area (Å²) in [5.74, 6) is 2.42. The van der Waals surface area contributed by atoms with Gasteiger partial charge in [0.2, 0.25) is 5.89 Å². The van der Waals surface area contributed by atoms with E-state index in [1.54, 1.807) is 0 Å². The summed E-state index contributed by atoms with van der Waals surface area (Å²) >= 11 is 0. The zero-order valence-electron chi connectivity index (χ0n) is 26.2. The van der Waals surface area contributed by atoms with E-state index in [2.05, 4.69) is 54.6 Å². The molecule has 3 aromatic heterocycles. The molecule has 0 aliphatic heterocycles. The van der Waals surface area contributed by atoms with Crippen molar-refractivity contribution in [2.75, 3.05) is 0 Å². The second kappa shape index (κ2) is 12.1. The van der Waals surface area contributed by atoms with Crippen LogP contribution in [-0.4, -0.2) is 24.9 Å². The summed E-state index contributed by atoms with van der Waals surface area (Å²) in [6, 6.07) is 52.9. The molecule has 9 aromatic rings. The van der Waals surface area contributed by atoms with Crippen LogP contribution in [0.5, 0.6) is 0 Å². The molecule has 6 heteroatoms. The number of hydrogen-bond acceptors (Lipinski definition) is 6. The van der Waals surface area contributed by atoms with Gasteiger partial charge < -0.3 is 4.42 Å². The first-order valence-corrected chi connectivity index (χ1v) is 16.1. The molecule has 0 aliphatic carbocycles. The molecule has 0 bridgehead atoms. The molecule has 6 aromatic carbocycles. The molecule has 0 unspecified atom stereocenters. The van der Waals surface area contributed by atoms with E-state index in [4.69, 9.17) is 29.3 Å². The number of fused-ring (bicyclic) bond motifs is 2. The molecule has 3 heterocycles. The van der Waals surface area contributed by atoms with Crippen LogP contribution in [0.4, 0.5) is 0 Å². The van der Waals surface area contributed by atoms with Crippen LogP contribution in [-0.2, 0) is 0 Å². The summed E-state index contributed by atoms with van der Waals surface area (Å²) in [5, 5.41) is 1.06. The number of nitrogens with zero attached hydrogens (tertiary/aromatic N) is 5. The molecule has 0 fully saturated rings. The zero-order valence-corrected chi connectivity index (χ0v) is 26.2. The minimum atomic E-state index is 0.590. The third-order valence-electron chi connectivity index (χ3n) is 8.62. The van der Waals surface area contributed by atoms with Crippen molar-refractivity contribution in [3.8, 4) is 67.9 Å². The lowest BCUT2D eigenvalue weighted by atomic mass is 9.91. The Bertz CT molecular complexity index is 2540. The second-order valence-corrected chi connectivity index (χ2v) is 11.7. The minimum absolute atomic E-state index is 0.590. The van der Waals surface area contributed by atoms with Gasteiger partial charge in [-0.05, 0) is 53.1 Å². The van der Waals surface area contributed by atoms with Crippen LogP contribution in [0.15, 0.2) is 168 Å². The number of oxazole rings is 1. The highest BCUT2D eigenvalue weighted by Crippen LogP contribution is 2.39. The number of benzene rings is 6. The molecule has 9 rings (SSSR count). The number of para-hydroxylation sites is 1. The van der Waals surface area contributed by atoms with Crippen LogP contribution in [0.25, 0.3) is 89.9 Å². The first-order chi connectivity index (χ1) is 24.3. The number of rotatable bonds is 6. The summed E-state index contributed by atoms with van der Waals surface area (Å²) in [6.07, 6.45) is 1.84. The number of aromatic nitrogens is 5. The molecule has 49 heavy (non-hydrogen) atoms. The molecule has 0 amide bonds. The lowest BCUT2D eigenvalue weighted by Crippen LogP contribution is -2.00. The first kappa shape index (κ1) is 28.4. The van der Waals surface area contributed by atoms with E-state index < -0.39 is 0 Å². The fraction of sp³-hybridized carbons (Fsp3) is 0. The van der Waals surface area contributed by atoms with Gasteiger partial charge in [0, 0.05) is 39.4 Å². The smallest absolute Gasteiger partial charge is 0.227 e. The summed E-state index contributed by atoms with van der Waals surface area (Å²) in [4.78, 5) is 24.5. The van der Waals surface area contributed by atoms with Crippen molar-refractivity contribution in [1.82, 2.24) is 24.9 Å². The fourth-order valence-electron chi connectivity index (χ4n) is 6.21. The predicted octanol–water partition coefficient (Wildman–Crippen LogP) is 10.6.